The van der Waals surface area contributed by atoms with Gasteiger partial charge in [-0.25, -0.2) is 0 Å². The summed E-state index contributed by atoms with van der Waals surface area (Å²) in [6.45, 7) is 10.0. The van der Waals surface area contributed by atoms with Gasteiger partial charge in [0.1, 0.15) is 0 Å². The summed E-state index contributed by atoms with van der Waals surface area (Å²) in [4.78, 5) is 0. The molecule has 0 aliphatic rings. The van der Waals surface area contributed by atoms with E-state index in [0.29, 0.717) is 0 Å². The molecular formula is C10H21N3. The Morgan fingerprint density at radius 2 is 2.00 bits per heavy atom. The van der Waals surface area contributed by atoms with E-state index in [1.807, 2.05) is 32.5 Å². The van der Waals surface area contributed by atoms with Crippen molar-refractivity contribution in [3.05, 3.63) is 17.5 Å². The maximum Gasteiger partial charge on any atom is 0.0596 e. The minimum atomic E-state index is 0.955. The number of aryl methyl sites for hydroxylation is 2. The lowest BCUT2D eigenvalue weighted by atomic mass is 10.4. The van der Waals surface area contributed by atoms with Crippen molar-refractivity contribution in [2.24, 2.45) is 0 Å². The lowest BCUT2D eigenvalue weighted by molar-refractivity contribution is 0.568. The minimum Gasteiger partial charge on any atom is -0.318 e. The van der Waals surface area contributed by atoms with Gasteiger partial charge in [-0.15, -0.1) is 0 Å². The molecule has 13 heavy (non-hydrogen) atoms. The molecule has 0 saturated carbocycles. The van der Waals surface area contributed by atoms with E-state index in [4.69, 9.17) is 0 Å². The third kappa shape index (κ3) is 4.08. The number of likely N-dealkylation sites (N-methyl/N-ethyl adjacent to an activating group) is 1. The van der Waals surface area contributed by atoms with Gasteiger partial charge in [-0.2, -0.15) is 5.10 Å². The van der Waals surface area contributed by atoms with Crippen LogP contribution in [-0.4, -0.2) is 23.4 Å². The number of rotatable bonds is 3. The molecule has 0 spiro atoms. The zero-order valence-electron chi connectivity index (χ0n) is 9.39. The Morgan fingerprint density at radius 3 is 2.38 bits per heavy atom. The molecule has 0 aliphatic carbocycles. The average molecular weight is 183 g/mol. The van der Waals surface area contributed by atoms with Crippen LogP contribution in [0.2, 0.25) is 0 Å². The number of aromatic nitrogens is 2. The van der Waals surface area contributed by atoms with Gasteiger partial charge in [0.2, 0.25) is 0 Å². The molecule has 0 bridgehead atoms. The van der Waals surface area contributed by atoms with Crippen molar-refractivity contribution < 1.29 is 0 Å². The van der Waals surface area contributed by atoms with Crippen LogP contribution >= 0.6 is 0 Å². The van der Waals surface area contributed by atoms with Gasteiger partial charge in [0.25, 0.3) is 0 Å². The van der Waals surface area contributed by atoms with Gasteiger partial charge in [0.05, 0.1) is 12.2 Å². The molecule has 1 N–H and O–H groups in total. The Hall–Kier alpha value is -0.830. The second-order valence-electron chi connectivity index (χ2n) is 2.75. The predicted octanol–water partition coefficient (Wildman–Crippen LogP) is 1.75. The highest BCUT2D eigenvalue weighted by molar-refractivity contribution is 5.06. The summed E-state index contributed by atoms with van der Waals surface area (Å²) in [6.07, 6.45) is 0. The fourth-order valence-electron chi connectivity index (χ4n) is 1.12. The van der Waals surface area contributed by atoms with Crippen molar-refractivity contribution in [1.82, 2.24) is 15.1 Å². The molecule has 1 heterocycles. The van der Waals surface area contributed by atoms with Gasteiger partial charge in [-0.1, -0.05) is 13.8 Å². The maximum absolute atomic E-state index is 4.32. The molecule has 0 fully saturated rings. The monoisotopic (exact) mass is 183 g/mol. The maximum atomic E-state index is 4.32. The van der Waals surface area contributed by atoms with E-state index in [9.17, 15) is 0 Å². The molecule has 0 saturated heterocycles. The van der Waals surface area contributed by atoms with Crippen LogP contribution in [0.1, 0.15) is 25.2 Å². The molecule has 1 aromatic heterocycles. The number of hydrogen-bond donors (Lipinski definition) is 1. The summed E-state index contributed by atoms with van der Waals surface area (Å²) in [5.41, 5.74) is 2.33. The normalized spacial score (nSPS) is 9.31. The van der Waals surface area contributed by atoms with Crippen LogP contribution in [0.25, 0.3) is 0 Å². The molecule has 0 aromatic carbocycles. The van der Waals surface area contributed by atoms with E-state index in [-0.39, 0.29) is 0 Å². The number of nitrogens with one attached hydrogen (secondary N) is 1. The van der Waals surface area contributed by atoms with Crippen LogP contribution in [0, 0.1) is 13.8 Å². The molecule has 0 amide bonds. The van der Waals surface area contributed by atoms with Gasteiger partial charge in [0, 0.05) is 12.2 Å². The highest BCUT2D eigenvalue weighted by Gasteiger charge is 1.97. The molecule has 3 heteroatoms. The molecule has 3 nitrogen and oxygen atoms in total. The van der Waals surface area contributed by atoms with Crippen molar-refractivity contribution in [1.29, 1.82) is 0 Å². The Balaban J connectivity index is 0.000000671. The highest BCUT2D eigenvalue weighted by atomic mass is 15.3. The Kier molecular flexibility index (Phi) is 6.24. The molecule has 0 aliphatic heterocycles. The lowest BCUT2D eigenvalue weighted by Gasteiger charge is -2.01. The topological polar surface area (TPSA) is 29.9 Å². The largest absolute Gasteiger partial charge is 0.318 e. The first-order chi connectivity index (χ1) is 6.24. The van der Waals surface area contributed by atoms with Crippen LogP contribution in [-0.2, 0) is 6.54 Å². The first kappa shape index (κ1) is 12.2. The highest BCUT2D eigenvalue weighted by Crippen LogP contribution is 2.00. The SMILES string of the molecule is CC.CNCCn1nc(C)cc1C. The van der Waals surface area contributed by atoms with Crippen LogP contribution < -0.4 is 5.32 Å². The molecule has 0 unspecified atom stereocenters. The van der Waals surface area contributed by atoms with E-state index >= 15 is 0 Å². The van der Waals surface area contributed by atoms with Crippen molar-refractivity contribution in [3.8, 4) is 0 Å². The Bertz CT molecular complexity index is 228. The fraction of sp³-hybridized carbons (Fsp3) is 0.700. The van der Waals surface area contributed by atoms with Gasteiger partial charge in [0.15, 0.2) is 0 Å². The molecule has 0 radical (unpaired) electrons. The van der Waals surface area contributed by atoms with E-state index in [1.54, 1.807) is 0 Å². The van der Waals surface area contributed by atoms with Crippen LogP contribution in [0.5, 0.6) is 0 Å². The van der Waals surface area contributed by atoms with Crippen molar-refractivity contribution in [2.45, 2.75) is 34.2 Å². The number of nitrogens with zero attached hydrogens (tertiary/aromatic N) is 2. The van der Waals surface area contributed by atoms with E-state index in [0.717, 1.165) is 18.8 Å². The van der Waals surface area contributed by atoms with E-state index in [2.05, 4.69) is 23.4 Å². The Labute approximate surface area is 81.1 Å². The zero-order chi connectivity index (χ0) is 10.3. The smallest absolute Gasteiger partial charge is 0.0596 e. The fourth-order valence-corrected chi connectivity index (χ4v) is 1.12. The molecule has 1 rings (SSSR count). The van der Waals surface area contributed by atoms with Crippen molar-refractivity contribution in [3.63, 3.8) is 0 Å². The van der Waals surface area contributed by atoms with E-state index in [1.165, 1.54) is 5.69 Å². The molecule has 76 valence electrons. The van der Waals surface area contributed by atoms with Gasteiger partial charge < -0.3 is 5.32 Å². The second-order valence-corrected chi connectivity index (χ2v) is 2.75. The predicted molar refractivity (Wildman–Crippen MR) is 57.0 cm³/mol. The Morgan fingerprint density at radius 1 is 1.38 bits per heavy atom. The summed E-state index contributed by atoms with van der Waals surface area (Å²) >= 11 is 0. The molecular weight excluding hydrogens is 162 g/mol. The minimum absolute atomic E-state index is 0.955. The van der Waals surface area contributed by atoms with Crippen LogP contribution in [0.4, 0.5) is 0 Å². The van der Waals surface area contributed by atoms with Crippen molar-refractivity contribution >= 4 is 0 Å². The van der Waals surface area contributed by atoms with Crippen LogP contribution in [0.15, 0.2) is 6.07 Å². The molecule has 0 atom stereocenters. The van der Waals surface area contributed by atoms with Crippen LogP contribution in [0.3, 0.4) is 0 Å². The summed E-state index contributed by atoms with van der Waals surface area (Å²) in [5, 5.41) is 7.42. The van der Waals surface area contributed by atoms with Gasteiger partial charge in [-0.05, 0) is 27.0 Å². The first-order valence-electron chi connectivity index (χ1n) is 4.89. The van der Waals surface area contributed by atoms with E-state index < -0.39 is 0 Å². The third-order valence-electron chi connectivity index (χ3n) is 1.68. The van der Waals surface area contributed by atoms with Gasteiger partial charge in [-0.3, -0.25) is 4.68 Å². The van der Waals surface area contributed by atoms with Gasteiger partial charge >= 0.3 is 0 Å². The number of hydrogen-bond acceptors (Lipinski definition) is 2. The molecule has 1 aromatic rings. The summed E-state index contributed by atoms with van der Waals surface area (Å²) in [5.74, 6) is 0. The summed E-state index contributed by atoms with van der Waals surface area (Å²) in [6, 6.07) is 2.09. The first-order valence-corrected chi connectivity index (χ1v) is 4.89. The summed E-state index contributed by atoms with van der Waals surface area (Å²) in [7, 11) is 1.95. The van der Waals surface area contributed by atoms with Crippen molar-refractivity contribution in [2.75, 3.05) is 13.6 Å². The zero-order valence-corrected chi connectivity index (χ0v) is 9.39. The third-order valence-corrected chi connectivity index (χ3v) is 1.68. The summed E-state index contributed by atoms with van der Waals surface area (Å²) < 4.78 is 2.02. The quantitative estimate of drug-likeness (QED) is 0.773. The second kappa shape index (κ2) is 6.66. The lowest BCUT2D eigenvalue weighted by Crippen LogP contribution is -2.16. The standard InChI is InChI=1S/C8H15N3.C2H6/c1-7-6-8(2)11(10-7)5-4-9-3;1-2/h6,9H,4-5H2,1-3H3;1-2H3. The average Bonchev–Trinajstić information content (AvgIpc) is 2.45.